The van der Waals surface area contributed by atoms with Crippen molar-refractivity contribution < 1.29 is 9.32 Å². The van der Waals surface area contributed by atoms with Gasteiger partial charge in [0.05, 0.1) is 12.2 Å². The molecule has 0 radical (unpaired) electrons. The highest BCUT2D eigenvalue weighted by molar-refractivity contribution is 5.80. The fourth-order valence-corrected chi connectivity index (χ4v) is 2.74. The van der Waals surface area contributed by atoms with Crippen LogP contribution in [0.3, 0.4) is 0 Å². The van der Waals surface area contributed by atoms with Gasteiger partial charge in [-0.25, -0.2) is 4.68 Å². The highest BCUT2D eigenvalue weighted by Crippen LogP contribution is 2.19. The number of hydrogen-bond acceptors (Lipinski definition) is 6. The van der Waals surface area contributed by atoms with E-state index in [1.807, 2.05) is 44.2 Å². The monoisotopic (exact) mass is 340 g/mol. The smallest absolute Gasteiger partial charge is 0.247 e. The number of aryl methyl sites for hydroxylation is 2. The zero-order chi connectivity index (χ0) is 17.8. The van der Waals surface area contributed by atoms with Crippen molar-refractivity contribution >= 4 is 5.91 Å². The Hall–Kier alpha value is -3.03. The summed E-state index contributed by atoms with van der Waals surface area (Å²) in [5.41, 5.74) is 2.76. The maximum atomic E-state index is 13.1. The lowest BCUT2D eigenvalue weighted by molar-refractivity contribution is -0.134. The van der Waals surface area contributed by atoms with Crippen LogP contribution in [0, 0.1) is 13.8 Å². The Morgan fingerprint density at radius 2 is 2.04 bits per heavy atom. The fraction of sp³-hybridized carbons (Fsp3) is 0.353. The van der Waals surface area contributed by atoms with Crippen molar-refractivity contribution in [2.75, 3.05) is 7.05 Å². The first-order valence-corrected chi connectivity index (χ1v) is 7.99. The van der Waals surface area contributed by atoms with E-state index < -0.39 is 6.04 Å². The summed E-state index contributed by atoms with van der Waals surface area (Å²) in [6.07, 6.45) is 1.98. The van der Waals surface area contributed by atoms with Gasteiger partial charge in [0.15, 0.2) is 0 Å². The van der Waals surface area contributed by atoms with Crippen molar-refractivity contribution in [3.63, 3.8) is 0 Å². The summed E-state index contributed by atoms with van der Waals surface area (Å²) in [7, 11) is 1.76. The molecular weight excluding hydrogens is 320 g/mol. The van der Waals surface area contributed by atoms with Crippen molar-refractivity contribution in [2.24, 2.45) is 0 Å². The number of tetrazole rings is 1. The number of aromatic nitrogens is 5. The number of amides is 1. The molecule has 0 saturated heterocycles. The molecule has 0 aliphatic heterocycles. The Kier molecular flexibility index (Phi) is 4.87. The summed E-state index contributed by atoms with van der Waals surface area (Å²) in [5.74, 6) is 0.648. The van der Waals surface area contributed by atoms with E-state index in [1.54, 1.807) is 11.9 Å². The number of benzene rings is 1. The molecule has 130 valence electrons. The Morgan fingerprint density at radius 1 is 1.28 bits per heavy atom. The van der Waals surface area contributed by atoms with E-state index in [9.17, 15) is 4.79 Å². The van der Waals surface area contributed by atoms with Crippen molar-refractivity contribution in [2.45, 2.75) is 32.9 Å². The summed E-state index contributed by atoms with van der Waals surface area (Å²) in [6, 6.07) is 9.30. The van der Waals surface area contributed by atoms with Gasteiger partial charge in [-0.05, 0) is 29.8 Å². The van der Waals surface area contributed by atoms with Crippen LogP contribution in [-0.2, 0) is 17.8 Å². The number of rotatable bonds is 6. The van der Waals surface area contributed by atoms with Crippen LogP contribution in [0.25, 0.3) is 0 Å². The second kappa shape index (κ2) is 7.25. The van der Waals surface area contributed by atoms with Gasteiger partial charge in [-0.2, -0.15) is 0 Å². The summed E-state index contributed by atoms with van der Waals surface area (Å²) in [5, 5.41) is 15.2. The van der Waals surface area contributed by atoms with Crippen LogP contribution in [0.1, 0.15) is 28.6 Å². The standard InChI is InChI=1S/C17H20N6O2/c1-12-15(13(2)25-19-12)10-22(3)17(24)16(23-11-18-20-21-23)9-14-7-5-4-6-8-14/h4-8,11,16H,9-10H2,1-3H3/t16-/m0/s1. The molecule has 3 rings (SSSR count). The predicted octanol–water partition coefficient (Wildman–Crippen LogP) is 1.72. The molecule has 0 unspecified atom stereocenters. The van der Waals surface area contributed by atoms with Gasteiger partial charge < -0.3 is 9.42 Å². The zero-order valence-electron chi connectivity index (χ0n) is 14.5. The topological polar surface area (TPSA) is 89.9 Å². The molecule has 0 fully saturated rings. The third kappa shape index (κ3) is 3.73. The molecule has 0 spiro atoms. The van der Waals surface area contributed by atoms with Crippen LogP contribution in [0.2, 0.25) is 0 Å². The van der Waals surface area contributed by atoms with Crippen LogP contribution < -0.4 is 0 Å². The zero-order valence-corrected chi connectivity index (χ0v) is 14.5. The van der Waals surface area contributed by atoms with Crippen molar-refractivity contribution in [3.8, 4) is 0 Å². The minimum atomic E-state index is -0.511. The molecule has 0 bridgehead atoms. The van der Waals surface area contributed by atoms with E-state index in [-0.39, 0.29) is 5.91 Å². The minimum Gasteiger partial charge on any atom is -0.361 e. The van der Waals surface area contributed by atoms with E-state index in [0.29, 0.717) is 13.0 Å². The van der Waals surface area contributed by atoms with Crippen LogP contribution in [-0.4, -0.2) is 43.2 Å². The first kappa shape index (κ1) is 16.8. The molecule has 0 N–H and O–H groups in total. The number of hydrogen-bond donors (Lipinski definition) is 0. The van der Waals surface area contributed by atoms with Crippen molar-refractivity contribution in [3.05, 3.63) is 59.2 Å². The molecule has 0 aliphatic carbocycles. The van der Waals surface area contributed by atoms with Gasteiger partial charge in [-0.15, -0.1) is 5.10 Å². The van der Waals surface area contributed by atoms with Crippen LogP contribution in [0.15, 0.2) is 41.2 Å². The molecule has 2 heterocycles. The van der Waals surface area contributed by atoms with Gasteiger partial charge >= 0.3 is 0 Å². The Balaban J connectivity index is 1.81. The predicted molar refractivity (Wildman–Crippen MR) is 89.5 cm³/mol. The van der Waals surface area contributed by atoms with Gasteiger partial charge in [0.2, 0.25) is 5.91 Å². The average molecular weight is 340 g/mol. The van der Waals surface area contributed by atoms with E-state index in [4.69, 9.17) is 4.52 Å². The average Bonchev–Trinajstić information content (AvgIpc) is 3.25. The maximum Gasteiger partial charge on any atom is 0.247 e. The molecular formula is C17H20N6O2. The highest BCUT2D eigenvalue weighted by Gasteiger charge is 2.26. The van der Waals surface area contributed by atoms with Gasteiger partial charge in [0, 0.05) is 19.0 Å². The van der Waals surface area contributed by atoms with Gasteiger partial charge in [-0.1, -0.05) is 35.5 Å². The highest BCUT2D eigenvalue weighted by atomic mass is 16.5. The number of nitrogens with zero attached hydrogens (tertiary/aromatic N) is 6. The van der Waals surface area contributed by atoms with Gasteiger partial charge in [-0.3, -0.25) is 4.79 Å². The molecule has 1 atom stereocenters. The van der Waals surface area contributed by atoms with Gasteiger partial charge in [0.25, 0.3) is 0 Å². The van der Waals surface area contributed by atoms with Crippen molar-refractivity contribution in [1.82, 2.24) is 30.3 Å². The molecule has 1 aromatic carbocycles. The van der Waals surface area contributed by atoms with E-state index in [0.717, 1.165) is 22.6 Å². The molecule has 3 aromatic rings. The van der Waals surface area contributed by atoms with E-state index in [2.05, 4.69) is 20.7 Å². The SMILES string of the molecule is Cc1noc(C)c1CN(C)C(=O)[C@H](Cc1ccccc1)n1cnnn1. The third-order valence-corrected chi connectivity index (χ3v) is 4.19. The Morgan fingerprint density at radius 3 is 2.64 bits per heavy atom. The number of likely N-dealkylation sites (N-methyl/N-ethyl adjacent to an activating group) is 1. The molecule has 25 heavy (non-hydrogen) atoms. The molecule has 8 heteroatoms. The first-order valence-electron chi connectivity index (χ1n) is 7.99. The number of carbonyl (C=O) groups excluding carboxylic acids is 1. The van der Waals surface area contributed by atoms with Crippen LogP contribution >= 0.6 is 0 Å². The minimum absolute atomic E-state index is 0.0730. The molecule has 0 saturated carbocycles. The summed E-state index contributed by atoms with van der Waals surface area (Å²) >= 11 is 0. The number of carbonyl (C=O) groups is 1. The lowest BCUT2D eigenvalue weighted by Crippen LogP contribution is -2.35. The Labute approximate surface area is 145 Å². The van der Waals surface area contributed by atoms with E-state index >= 15 is 0 Å². The maximum absolute atomic E-state index is 13.1. The lowest BCUT2D eigenvalue weighted by Gasteiger charge is -2.23. The van der Waals surface area contributed by atoms with E-state index in [1.165, 1.54) is 11.0 Å². The first-order chi connectivity index (χ1) is 12.1. The molecule has 0 aliphatic rings. The molecule has 8 nitrogen and oxygen atoms in total. The lowest BCUT2D eigenvalue weighted by atomic mass is 10.0. The largest absolute Gasteiger partial charge is 0.361 e. The summed E-state index contributed by atoms with van der Waals surface area (Å²) in [4.78, 5) is 14.7. The second-order valence-corrected chi connectivity index (χ2v) is 5.99. The normalized spacial score (nSPS) is 12.1. The van der Waals surface area contributed by atoms with Crippen molar-refractivity contribution in [1.29, 1.82) is 0 Å². The summed E-state index contributed by atoms with van der Waals surface area (Å²) < 4.78 is 6.68. The fourth-order valence-electron chi connectivity index (χ4n) is 2.74. The molecule has 2 aromatic heterocycles. The third-order valence-electron chi connectivity index (χ3n) is 4.19. The van der Waals surface area contributed by atoms with Crippen LogP contribution in [0.5, 0.6) is 0 Å². The molecule has 1 amide bonds. The quantitative estimate of drug-likeness (QED) is 0.679. The van der Waals surface area contributed by atoms with Gasteiger partial charge in [0.1, 0.15) is 18.1 Å². The Bertz CT molecular complexity index is 809. The second-order valence-electron chi connectivity index (χ2n) is 5.99. The van der Waals surface area contributed by atoms with Crippen LogP contribution in [0.4, 0.5) is 0 Å². The summed E-state index contributed by atoms with van der Waals surface area (Å²) in [6.45, 7) is 4.14.